The summed E-state index contributed by atoms with van der Waals surface area (Å²) >= 11 is 0. The molecule has 0 aliphatic heterocycles. The first-order valence-corrected chi connectivity index (χ1v) is 35.9. The van der Waals surface area contributed by atoms with E-state index in [2.05, 4.69) is 296 Å². The van der Waals surface area contributed by atoms with Crippen LogP contribution in [-0.2, 0) is 6.18 Å². The maximum atomic E-state index is 17.8. The monoisotopic (exact) mass is 1380 g/mol. The summed E-state index contributed by atoms with van der Waals surface area (Å²) in [6.45, 7) is 0. The molecule has 0 unspecified atom stereocenters. The third-order valence-corrected chi connectivity index (χ3v) is 21.9. The van der Waals surface area contributed by atoms with Gasteiger partial charge in [0.2, 0.25) is 0 Å². The third-order valence-electron chi connectivity index (χ3n) is 21.9. The van der Waals surface area contributed by atoms with E-state index in [4.69, 9.17) is 0 Å². The lowest BCUT2D eigenvalue weighted by Gasteiger charge is -2.32. The van der Waals surface area contributed by atoms with Crippen molar-refractivity contribution in [2.45, 2.75) is 6.18 Å². The van der Waals surface area contributed by atoms with E-state index in [1.54, 1.807) is 12.1 Å². The van der Waals surface area contributed by atoms with Gasteiger partial charge in [0.05, 0.1) is 101 Å². The average Bonchev–Trinajstić information content (AvgIpc) is 1.52. The van der Waals surface area contributed by atoms with Gasteiger partial charge in [0.1, 0.15) is 0 Å². The highest BCUT2D eigenvalue weighted by Gasteiger charge is 2.41. The number of nitrogens with zero attached hydrogens (tertiary/aromatic N) is 6. The zero-order valence-corrected chi connectivity index (χ0v) is 57.4. The lowest BCUT2D eigenvalue weighted by atomic mass is 9.90. The van der Waals surface area contributed by atoms with Gasteiger partial charge in [0, 0.05) is 59.4 Å². The van der Waals surface area contributed by atoms with Crippen LogP contribution in [0, 0.1) is 11.3 Å². The second-order valence-corrected chi connectivity index (χ2v) is 27.7. The van der Waals surface area contributed by atoms with Crippen LogP contribution in [0.15, 0.2) is 358 Å². The van der Waals surface area contributed by atoms with Crippen LogP contribution in [-0.4, -0.2) is 22.8 Å². The third kappa shape index (κ3) is 9.39. The van der Waals surface area contributed by atoms with Crippen LogP contribution in [0.2, 0.25) is 0 Å². The molecule has 0 atom stereocenters. The molecule has 107 heavy (non-hydrogen) atoms. The number of halogens is 3. The van der Waals surface area contributed by atoms with E-state index < -0.39 is 11.7 Å². The van der Waals surface area contributed by atoms with Crippen LogP contribution in [0.5, 0.6) is 0 Å². The Labute approximate surface area is 612 Å². The number of para-hydroxylation sites is 6. The molecular formula is C98H59F3N6. The number of aromatic nitrogens is 5. The standard InChI is InChI=1S/C98H59F3N6/c99-98(100,101)81-55-61(60-102)45-50-76(81)92-93(103-82-39-19-13-33-70(82)71-34-14-20-40-83(71)103)95(106-88-51-46-66(62-25-5-1-6-26-62)56-77(88)78-57-67(47-52-89(78)106)63-27-7-2-8-28-63)97(105-86-43-23-17-37-74(86)75-38-18-24-44-87(75)105)96(94(92)104-84-41-21-15-35-72(84)73-36-16-22-42-85(73)104)107-90-53-48-68(64-29-9-3-10-30-64)58-79(90)80-59-69(49-54-91(80)107)65-31-11-4-12-32-65/h1-59H. The molecule has 0 aliphatic carbocycles. The fourth-order valence-electron chi connectivity index (χ4n) is 17.3. The number of alkyl halides is 3. The molecule has 0 aliphatic rings. The summed E-state index contributed by atoms with van der Waals surface area (Å²) in [7, 11) is 0. The summed E-state index contributed by atoms with van der Waals surface area (Å²) < 4.78 is 65.1. The predicted molar refractivity (Wildman–Crippen MR) is 435 cm³/mol. The minimum absolute atomic E-state index is 0.126. The SMILES string of the molecule is N#Cc1ccc(-c2c(-n3c4ccccc4c4ccccc43)c(-n3c4ccc(-c5ccccc5)cc4c4cc(-c5ccccc5)ccc43)c(-n3c4ccccc4c4ccccc43)c(-n3c4ccc(-c5ccccc5)cc4c4cc(-c5ccccc5)ccc43)c2-n2c3ccccc3c3ccccc32)c(C(F)(F)F)c1. The van der Waals surface area contributed by atoms with Crippen LogP contribution >= 0.6 is 0 Å². The van der Waals surface area contributed by atoms with Gasteiger partial charge in [-0.25, -0.2) is 0 Å². The van der Waals surface area contributed by atoms with E-state index >= 15 is 13.2 Å². The van der Waals surface area contributed by atoms with Gasteiger partial charge in [-0.3, -0.25) is 0 Å². The van der Waals surface area contributed by atoms with Gasteiger partial charge in [-0.05, 0) is 147 Å². The quantitative estimate of drug-likeness (QED) is 0.135. The number of rotatable bonds is 10. The molecule has 6 nitrogen and oxygen atoms in total. The van der Waals surface area contributed by atoms with Gasteiger partial charge < -0.3 is 22.8 Å². The number of hydrogen-bond donors (Lipinski definition) is 0. The van der Waals surface area contributed by atoms with Crippen molar-refractivity contribution in [1.82, 2.24) is 22.8 Å². The predicted octanol–water partition coefficient (Wildman–Crippen LogP) is 26.4. The Morgan fingerprint density at radius 2 is 0.449 bits per heavy atom. The number of hydrogen-bond acceptors (Lipinski definition) is 1. The first-order valence-electron chi connectivity index (χ1n) is 35.9. The fraction of sp³-hybridized carbons (Fsp3) is 0.0102. The maximum Gasteiger partial charge on any atom is 0.417 e. The summed E-state index contributed by atoms with van der Waals surface area (Å²) in [6, 6.07) is 125. The first-order chi connectivity index (χ1) is 52.7. The molecule has 9 heteroatoms. The second-order valence-electron chi connectivity index (χ2n) is 27.7. The Kier molecular flexibility index (Phi) is 13.8. The molecule has 0 fully saturated rings. The van der Waals surface area contributed by atoms with Crippen LogP contribution in [0.25, 0.3) is 193 Å². The molecular weight excluding hydrogens is 1320 g/mol. The van der Waals surface area contributed by atoms with Gasteiger partial charge in [-0.15, -0.1) is 0 Å². The maximum absolute atomic E-state index is 17.8. The van der Waals surface area contributed by atoms with E-state index in [1.807, 2.05) is 72.8 Å². The Balaban J connectivity index is 1.12. The second kappa shape index (κ2) is 23.9. The van der Waals surface area contributed by atoms with Gasteiger partial charge in [0.25, 0.3) is 0 Å². The van der Waals surface area contributed by atoms with Crippen molar-refractivity contribution < 1.29 is 13.2 Å². The molecule has 0 saturated heterocycles. The smallest absolute Gasteiger partial charge is 0.306 e. The number of fused-ring (bicyclic) bond motifs is 15. The fourth-order valence-corrected chi connectivity index (χ4v) is 17.3. The van der Waals surface area contributed by atoms with Crippen LogP contribution in [0.4, 0.5) is 13.2 Å². The molecule has 0 saturated carbocycles. The van der Waals surface area contributed by atoms with E-state index in [0.29, 0.717) is 28.4 Å². The average molecular weight is 1380 g/mol. The number of nitriles is 1. The Morgan fingerprint density at radius 1 is 0.215 bits per heavy atom. The van der Waals surface area contributed by atoms with Crippen molar-refractivity contribution in [3.8, 4) is 90.1 Å². The van der Waals surface area contributed by atoms with Crippen LogP contribution in [0.3, 0.4) is 0 Å². The molecule has 16 aromatic carbocycles. The Morgan fingerprint density at radius 3 is 0.710 bits per heavy atom. The van der Waals surface area contributed by atoms with Gasteiger partial charge in [0.15, 0.2) is 0 Å². The zero-order valence-electron chi connectivity index (χ0n) is 57.4. The molecule has 0 radical (unpaired) electrons. The van der Waals surface area contributed by atoms with E-state index in [1.165, 1.54) is 0 Å². The van der Waals surface area contributed by atoms with Crippen LogP contribution in [0.1, 0.15) is 11.1 Å². The van der Waals surface area contributed by atoms with Crippen molar-refractivity contribution in [3.05, 3.63) is 369 Å². The Hall–Kier alpha value is -14.2. The van der Waals surface area contributed by atoms with Crippen LogP contribution < -0.4 is 0 Å². The molecule has 5 heterocycles. The van der Waals surface area contributed by atoms with Crippen molar-refractivity contribution in [3.63, 3.8) is 0 Å². The largest absolute Gasteiger partial charge is 0.417 e. The van der Waals surface area contributed by atoms with E-state index in [-0.39, 0.29) is 16.7 Å². The molecule has 21 rings (SSSR count). The Bertz CT molecular complexity index is 6600. The molecule has 0 N–H and O–H groups in total. The lowest BCUT2D eigenvalue weighted by Crippen LogP contribution is -2.19. The molecule has 502 valence electrons. The first kappa shape index (κ1) is 61.5. The topological polar surface area (TPSA) is 48.4 Å². The van der Waals surface area contributed by atoms with Gasteiger partial charge in [-0.2, -0.15) is 18.4 Å². The summed E-state index contributed by atoms with van der Waals surface area (Å²) in [5, 5.41) is 20.3. The highest BCUT2D eigenvalue weighted by atomic mass is 19.4. The lowest BCUT2D eigenvalue weighted by molar-refractivity contribution is -0.137. The van der Waals surface area contributed by atoms with Crippen molar-refractivity contribution >= 4 is 109 Å². The molecule has 0 spiro atoms. The molecule has 0 bridgehead atoms. The van der Waals surface area contributed by atoms with Crippen molar-refractivity contribution in [2.75, 3.05) is 0 Å². The molecule has 0 amide bonds. The summed E-state index contributed by atoms with van der Waals surface area (Å²) in [6.07, 6.45) is -5.03. The van der Waals surface area contributed by atoms with Gasteiger partial charge in [-0.1, -0.05) is 261 Å². The summed E-state index contributed by atoms with van der Waals surface area (Å²) in [5.74, 6) is 0. The molecule has 21 aromatic rings. The van der Waals surface area contributed by atoms with Crippen molar-refractivity contribution in [1.29, 1.82) is 5.26 Å². The van der Waals surface area contributed by atoms with E-state index in [0.717, 1.165) is 160 Å². The molecule has 5 aromatic heterocycles. The zero-order chi connectivity index (χ0) is 71.2. The normalized spacial score (nSPS) is 12.1. The van der Waals surface area contributed by atoms with E-state index in [9.17, 15) is 5.26 Å². The minimum atomic E-state index is -5.03. The highest BCUT2D eigenvalue weighted by molar-refractivity contribution is 6.20. The number of benzene rings is 16. The van der Waals surface area contributed by atoms with Gasteiger partial charge >= 0.3 is 6.18 Å². The minimum Gasteiger partial charge on any atom is -0.306 e. The highest BCUT2D eigenvalue weighted by Crippen LogP contribution is 2.57. The summed E-state index contributed by atoms with van der Waals surface area (Å²) in [5.41, 5.74) is 18.0. The summed E-state index contributed by atoms with van der Waals surface area (Å²) in [4.78, 5) is 0. The van der Waals surface area contributed by atoms with Crippen molar-refractivity contribution in [2.24, 2.45) is 0 Å².